The molecule has 2 aromatic rings. The summed E-state index contributed by atoms with van der Waals surface area (Å²) in [6.45, 7) is 0. The Morgan fingerprint density at radius 2 is 1.57 bits per heavy atom. The van der Waals surface area contributed by atoms with Crippen LogP contribution >= 0.6 is 31.9 Å². The third-order valence-corrected chi connectivity index (χ3v) is 4.54. The number of carbonyl (C=O) groups is 1. The predicted octanol–water partition coefficient (Wildman–Crippen LogP) is 5.00. The van der Waals surface area contributed by atoms with Gasteiger partial charge in [-0.05, 0) is 16.7 Å². The number of fused-ring (bicyclic) bond motifs is 1. The molecule has 102 valence electrons. The summed E-state index contributed by atoms with van der Waals surface area (Å²) in [7, 11) is 0. The van der Waals surface area contributed by atoms with E-state index in [1.54, 1.807) is 6.07 Å². The zero-order chi connectivity index (χ0) is 15.0. The number of rotatable bonds is 2. The lowest BCUT2D eigenvalue weighted by atomic mass is 9.97. The lowest BCUT2D eigenvalue weighted by Crippen LogP contribution is -1.96. The molecule has 0 amide bonds. The minimum Gasteiger partial charge on any atom is -0.288 e. The summed E-state index contributed by atoms with van der Waals surface area (Å²) in [5.74, 6) is -0.189. The highest BCUT2D eigenvalue weighted by molar-refractivity contribution is 9.24. The van der Waals surface area contributed by atoms with Crippen molar-refractivity contribution in [1.29, 1.82) is 5.26 Å². The third-order valence-electron chi connectivity index (χ3n) is 3.48. The molecule has 0 aromatic heterocycles. The van der Waals surface area contributed by atoms with Crippen LogP contribution in [-0.4, -0.2) is 5.78 Å². The van der Waals surface area contributed by atoms with Gasteiger partial charge in [0.25, 0.3) is 0 Å². The van der Waals surface area contributed by atoms with E-state index in [9.17, 15) is 10.1 Å². The lowest BCUT2D eigenvalue weighted by molar-refractivity contribution is 0.104. The average Bonchev–Trinajstić information content (AvgIpc) is 2.80. The molecule has 2 aromatic carbocycles. The Bertz CT molecular complexity index is 798. The van der Waals surface area contributed by atoms with Crippen LogP contribution in [0.1, 0.15) is 30.8 Å². The Balaban J connectivity index is 2.18. The summed E-state index contributed by atoms with van der Waals surface area (Å²) in [4.78, 5) is 12.3. The topological polar surface area (TPSA) is 40.9 Å². The van der Waals surface area contributed by atoms with Crippen LogP contribution in [0.4, 0.5) is 0 Å². The zero-order valence-electron chi connectivity index (χ0n) is 10.8. The molecule has 0 saturated heterocycles. The van der Waals surface area contributed by atoms with Gasteiger partial charge in [0.15, 0.2) is 0 Å². The molecule has 0 radical (unpaired) electrons. The number of hydrogen-bond acceptors (Lipinski definition) is 2. The first-order valence-corrected chi connectivity index (χ1v) is 8.13. The van der Waals surface area contributed by atoms with E-state index in [0.29, 0.717) is 5.56 Å². The van der Waals surface area contributed by atoms with Crippen LogP contribution in [-0.2, 0) is 0 Å². The van der Waals surface area contributed by atoms with Crippen LogP contribution in [0.2, 0.25) is 0 Å². The van der Waals surface area contributed by atoms with Crippen molar-refractivity contribution >= 4 is 43.2 Å². The van der Waals surface area contributed by atoms with Crippen molar-refractivity contribution in [3.8, 4) is 6.07 Å². The normalized spacial score (nSPS) is 13.5. The fourth-order valence-electron chi connectivity index (χ4n) is 2.48. The van der Waals surface area contributed by atoms with Crippen molar-refractivity contribution < 1.29 is 4.79 Å². The van der Waals surface area contributed by atoms with Crippen LogP contribution in [0.25, 0.3) is 5.57 Å². The van der Waals surface area contributed by atoms with E-state index in [0.717, 1.165) is 22.3 Å². The molecular weight excluding hydrogens is 394 g/mol. The molecule has 0 spiro atoms. The maximum atomic E-state index is 12.3. The van der Waals surface area contributed by atoms with Crippen LogP contribution in [0.3, 0.4) is 0 Å². The fourth-order valence-corrected chi connectivity index (χ4v) is 3.09. The highest BCUT2D eigenvalue weighted by Gasteiger charge is 2.30. The summed E-state index contributed by atoms with van der Waals surface area (Å²) in [6, 6.07) is 17.2. The maximum Gasteiger partial charge on any atom is 0.204 e. The molecule has 0 heterocycles. The molecule has 1 aliphatic rings. The van der Waals surface area contributed by atoms with Gasteiger partial charge >= 0.3 is 0 Å². The molecule has 0 atom stereocenters. The Hall–Kier alpha value is -1.70. The lowest BCUT2D eigenvalue weighted by Gasteiger charge is -2.08. The number of carbonyl (C=O) groups excluding carboxylic acids is 1. The quantitative estimate of drug-likeness (QED) is 0.663. The number of hydrogen-bond donors (Lipinski definition) is 0. The Kier molecular flexibility index (Phi) is 3.79. The number of allylic oxidation sites excluding steroid dienone is 1. The molecule has 0 aliphatic heterocycles. The van der Waals surface area contributed by atoms with E-state index in [-0.39, 0.29) is 15.1 Å². The second kappa shape index (κ2) is 5.59. The Labute approximate surface area is 139 Å². The Morgan fingerprint density at radius 3 is 2.14 bits per heavy atom. The SMILES string of the molecule is N#CC1=C(c2ccc(C(Br)Br)cc2)c2ccccc2C1=O. The standard InChI is InChI=1S/C17H9Br2NO/c18-17(19)11-7-5-10(6-8-11)15-12-3-1-2-4-13(12)16(21)14(15)9-20/h1-8,17H. The molecule has 21 heavy (non-hydrogen) atoms. The van der Waals surface area contributed by atoms with Crippen molar-refractivity contribution in [2.24, 2.45) is 0 Å². The van der Waals surface area contributed by atoms with Gasteiger partial charge in [0.05, 0.1) is 3.74 Å². The van der Waals surface area contributed by atoms with Gasteiger partial charge in [0.1, 0.15) is 11.6 Å². The molecule has 4 heteroatoms. The fraction of sp³-hybridized carbons (Fsp3) is 0.0588. The maximum absolute atomic E-state index is 12.3. The molecule has 0 N–H and O–H groups in total. The van der Waals surface area contributed by atoms with Gasteiger partial charge in [0, 0.05) is 11.1 Å². The highest BCUT2D eigenvalue weighted by atomic mass is 79.9. The van der Waals surface area contributed by atoms with Gasteiger partial charge in [-0.15, -0.1) is 0 Å². The minimum absolute atomic E-state index is 0.0842. The van der Waals surface area contributed by atoms with Crippen molar-refractivity contribution in [2.75, 3.05) is 0 Å². The number of alkyl halides is 2. The molecule has 3 rings (SSSR count). The van der Waals surface area contributed by atoms with Crippen molar-refractivity contribution in [1.82, 2.24) is 0 Å². The van der Waals surface area contributed by atoms with Crippen molar-refractivity contribution in [3.63, 3.8) is 0 Å². The molecule has 2 nitrogen and oxygen atoms in total. The first-order chi connectivity index (χ1) is 10.1. The number of halogens is 2. The van der Waals surface area contributed by atoms with Gasteiger partial charge in [-0.3, -0.25) is 4.79 Å². The number of benzene rings is 2. The van der Waals surface area contributed by atoms with Crippen molar-refractivity contribution in [2.45, 2.75) is 3.74 Å². The number of ketones is 1. The second-order valence-electron chi connectivity index (χ2n) is 4.66. The number of Topliss-reactive ketones (excluding diaryl/α,β-unsaturated/α-hetero) is 1. The summed E-state index contributed by atoms with van der Waals surface area (Å²) in [6.07, 6.45) is 0. The Morgan fingerprint density at radius 1 is 0.952 bits per heavy atom. The van der Waals surface area contributed by atoms with Gasteiger partial charge in [0.2, 0.25) is 5.78 Å². The van der Waals surface area contributed by atoms with Crippen LogP contribution < -0.4 is 0 Å². The van der Waals surface area contributed by atoms with Gasteiger partial charge in [-0.25, -0.2) is 0 Å². The molecule has 0 bridgehead atoms. The van der Waals surface area contributed by atoms with Gasteiger partial charge in [-0.1, -0.05) is 80.4 Å². The van der Waals surface area contributed by atoms with E-state index in [4.69, 9.17) is 0 Å². The van der Waals surface area contributed by atoms with E-state index in [1.165, 1.54) is 0 Å². The molecule has 1 aliphatic carbocycles. The summed E-state index contributed by atoms with van der Waals surface area (Å²) in [5, 5.41) is 9.34. The minimum atomic E-state index is -0.189. The monoisotopic (exact) mass is 401 g/mol. The largest absolute Gasteiger partial charge is 0.288 e. The van der Waals surface area contributed by atoms with Gasteiger partial charge < -0.3 is 0 Å². The molecular formula is C17H9Br2NO. The van der Waals surface area contributed by atoms with Crippen LogP contribution in [0, 0.1) is 11.3 Å². The third kappa shape index (κ3) is 2.37. The van der Waals surface area contributed by atoms with Crippen LogP contribution in [0.15, 0.2) is 54.1 Å². The average molecular weight is 403 g/mol. The summed E-state index contributed by atoms with van der Waals surface area (Å²) >= 11 is 6.90. The van der Waals surface area contributed by atoms with Gasteiger partial charge in [-0.2, -0.15) is 5.26 Å². The van der Waals surface area contributed by atoms with E-state index in [2.05, 4.69) is 37.9 Å². The van der Waals surface area contributed by atoms with E-state index >= 15 is 0 Å². The van der Waals surface area contributed by atoms with Crippen molar-refractivity contribution in [3.05, 3.63) is 76.4 Å². The zero-order valence-corrected chi connectivity index (χ0v) is 14.0. The first kappa shape index (κ1) is 14.2. The molecule has 0 unspecified atom stereocenters. The molecule has 0 saturated carbocycles. The van der Waals surface area contributed by atoms with Crippen LogP contribution in [0.5, 0.6) is 0 Å². The summed E-state index contributed by atoms with van der Waals surface area (Å²) in [5.41, 5.74) is 4.35. The van der Waals surface area contributed by atoms with E-state index in [1.807, 2.05) is 42.5 Å². The first-order valence-electron chi connectivity index (χ1n) is 6.30. The highest BCUT2D eigenvalue weighted by Crippen LogP contribution is 2.38. The smallest absolute Gasteiger partial charge is 0.204 e. The summed E-state index contributed by atoms with van der Waals surface area (Å²) < 4.78 is 0.0842. The predicted molar refractivity (Wildman–Crippen MR) is 89.4 cm³/mol. The number of nitrogens with zero attached hydrogens (tertiary/aromatic N) is 1. The number of nitriles is 1. The van der Waals surface area contributed by atoms with E-state index < -0.39 is 0 Å². The molecule has 0 fully saturated rings. The second-order valence-corrected chi connectivity index (χ2v) is 7.72.